The quantitative estimate of drug-likeness (QED) is 0.733. The smallest absolute Gasteiger partial charge is 0.00130 e. The molecule has 0 amide bonds. The number of aromatic nitrogens is 1. The number of nitrogens with zero attached hydrogens (tertiary/aromatic N) is 1. The number of anilines is 1. The van der Waals surface area contributed by atoms with Gasteiger partial charge in [0.05, 0.1) is 0 Å². The molecule has 0 saturated carbocycles. The summed E-state index contributed by atoms with van der Waals surface area (Å²) in [6.07, 6.45) is 4.50. The predicted octanol–water partition coefficient (Wildman–Crippen LogP) is 1.23. The number of hydrogen-bond acceptors (Lipinski definition) is 2. The average Bonchev–Trinajstić information content (AvgIpc) is 1.89. The van der Waals surface area contributed by atoms with Crippen LogP contribution in [0.25, 0.3) is 0 Å². The second-order valence-electron chi connectivity index (χ2n) is 1.88. The molecule has 0 aliphatic rings. The van der Waals surface area contributed by atoms with Crippen molar-refractivity contribution in [2.24, 2.45) is 0 Å². The summed E-state index contributed by atoms with van der Waals surface area (Å²) in [5.74, 6) is 0. The summed E-state index contributed by atoms with van der Waals surface area (Å²) in [5, 5.41) is 3.01. The van der Waals surface area contributed by atoms with Gasteiger partial charge in [-0.2, -0.15) is 6.07 Å². The second kappa shape index (κ2) is 3.07. The third kappa shape index (κ3) is 1.22. The summed E-state index contributed by atoms with van der Waals surface area (Å²) in [6.45, 7) is 2.02. The molecule has 0 radical (unpaired) electrons. The number of pyridine rings is 1. The van der Waals surface area contributed by atoms with E-state index in [1.165, 1.54) is 5.56 Å². The van der Waals surface area contributed by atoms with Crippen molar-refractivity contribution >= 4 is 5.69 Å². The molecule has 0 aromatic carbocycles. The molecule has 10 heavy (non-hydrogen) atoms. The van der Waals surface area contributed by atoms with Crippen molar-refractivity contribution < 1.29 is 0 Å². The number of nitrogens with one attached hydrogen (secondary N) is 1. The van der Waals surface area contributed by atoms with Gasteiger partial charge >= 0.3 is 0 Å². The SMILES string of the molecule is CNc1cn[c-]cc1C.[Rf]. The van der Waals surface area contributed by atoms with Crippen LogP contribution >= 0.6 is 0 Å². The van der Waals surface area contributed by atoms with E-state index < -0.39 is 0 Å². The third-order valence-electron chi connectivity index (χ3n) is 1.24. The molecule has 2 nitrogen and oxygen atoms in total. The molecule has 0 saturated heterocycles. The Bertz CT molecular complexity index is 201. The normalized spacial score (nSPS) is 8.20. The van der Waals surface area contributed by atoms with Crippen LogP contribution in [0.15, 0.2) is 12.3 Å². The first-order valence-electron chi connectivity index (χ1n) is 2.85. The maximum atomic E-state index is 3.83. The Morgan fingerprint density at radius 3 is 2.70 bits per heavy atom. The Morgan fingerprint density at radius 2 is 2.30 bits per heavy atom. The fraction of sp³-hybridized carbons (Fsp3) is 0.286. The van der Waals surface area contributed by atoms with E-state index in [9.17, 15) is 0 Å². The van der Waals surface area contributed by atoms with Gasteiger partial charge in [0, 0.05) is 7.05 Å². The molecule has 1 aromatic rings. The van der Waals surface area contributed by atoms with Gasteiger partial charge in [0.15, 0.2) is 0 Å². The number of rotatable bonds is 1. The van der Waals surface area contributed by atoms with Crippen LogP contribution in [0.2, 0.25) is 0 Å². The molecule has 3 heteroatoms. The van der Waals surface area contributed by atoms with Crippen LogP contribution in [0, 0.1) is 13.1 Å². The first-order valence-corrected chi connectivity index (χ1v) is 2.85. The van der Waals surface area contributed by atoms with Crippen molar-refractivity contribution in [3.63, 3.8) is 0 Å². The molecular formula is C7H9N2Rf-. The zero-order chi connectivity index (χ0) is 6.69. The van der Waals surface area contributed by atoms with Crippen LogP contribution in [0.3, 0.4) is 0 Å². The van der Waals surface area contributed by atoms with Crippen LogP contribution in [0.4, 0.5) is 5.69 Å². The van der Waals surface area contributed by atoms with Crippen LogP contribution in [-0.2, 0) is 0 Å². The fourth-order valence-electron chi connectivity index (χ4n) is 0.677. The molecule has 0 fully saturated rings. The molecule has 1 heterocycles. The van der Waals surface area contributed by atoms with Crippen LogP contribution in [-0.4, -0.2) is 12.0 Å². The van der Waals surface area contributed by atoms with Gasteiger partial charge in [-0.1, -0.05) is 25.0 Å². The minimum Gasteiger partial charge on any atom is -0.408 e. The van der Waals surface area contributed by atoms with Crippen molar-refractivity contribution in [1.29, 1.82) is 0 Å². The van der Waals surface area contributed by atoms with Gasteiger partial charge in [-0.15, -0.1) is 5.56 Å². The molecule has 0 atom stereocenters. The largest absolute Gasteiger partial charge is 0.408 e. The molecule has 0 bridgehead atoms. The Hall–Kier alpha value is -2.05. The summed E-state index contributed by atoms with van der Waals surface area (Å²) in [6, 6.07) is 1.85. The predicted molar refractivity (Wildman–Crippen MR) is 37.4 cm³/mol. The van der Waals surface area contributed by atoms with E-state index in [1.807, 2.05) is 20.0 Å². The summed E-state index contributed by atoms with van der Waals surface area (Å²) in [5.41, 5.74) is 2.24. The maximum absolute atomic E-state index is 3.83. The summed E-state index contributed by atoms with van der Waals surface area (Å²) < 4.78 is 0. The van der Waals surface area contributed by atoms with Gasteiger partial charge in [-0.3, -0.25) is 0 Å². The molecular weight excluding hydrogens is 379 g/mol. The van der Waals surface area contributed by atoms with Gasteiger partial charge < -0.3 is 10.3 Å². The third-order valence-corrected chi connectivity index (χ3v) is 1.24. The molecule has 0 spiro atoms. The van der Waals surface area contributed by atoms with E-state index >= 15 is 0 Å². The van der Waals surface area contributed by atoms with Crippen molar-refractivity contribution in [2.75, 3.05) is 12.4 Å². The zero-order valence-electron chi connectivity index (χ0n) is 6.31. The number of hydrogen-bond donors (Lipinski definition) is 1. The van der Waals surface area contributed by atoms with Gasteiger partial charge in [0.2, 0.25) is 0 Å². The standard InChI is InChI=1S/C7H9N2.Rf/c1-6-3-4-9-5-7(6)8-2;/h3,5,8H,1-2H3;/q-1;. The number of aryl methyl sites for hydroxylation is 1. The van der Waals surface area contributed by atoms with Crippen molar-refractivity contribution in [3.8, 4) is 0 Å². The van der Waals surface area contributed by atoms with Crippen molar-refractivity contribution in [2.45, 2.75) is 6.92 Å². The molecule has 0 unspecified atom stereocenters. The van der Waals surface area contributed by atoms with Crippen LogP contribution < -0.4 is 5.32 Å². The molecule has 1 rings (SSSR count). The Labute approximate surface area is 54.9 Å². The van der Waals surface area contributed by atoms with Crippen molar-refractivity contribution in [1.82, 2.24) is 4.98 Å². The van der Waals surface area contributed by atoms with Gasteiger partial charge in [-0.25, -0.2) is 0 Å². The topological polar surface area (TPSA) is 24.9 Å². The van der Waals surface area contributed by atoms with Crippen molar-refractivity contribution in [3.05, 3.63) is 24.0 Å². The Kier molecular flexibility index (Phi) is 2.44. The van der Waals surface area contributed by atoms with E-state index in [0.29, 0.717) is 0 Å². The first-order chi connectivity index (χ1) is 4.34. The second-order valence-corrected chi connectivity index (χ2v) is 1.88. The van der Waals surface area contributed by atoms with E-state index in [4.69, 9.17) is 0 Å². The van der Waals surface area contributed by atoms with Gasteiger partial charge in [0.25, 0.3) is 0 Å². The minimum atomic E-state index is 0. The Morgan fingerprint density at radius 1 is 1.60 bits per heavy atom. The summed E-state index contributed by atoms with van der Waals surface area (Å²) in [4.78, 5) is 3.83. The monoisotopic (exact) mass is 388 g/mol. The van der Waals surface area contributed by atoms with E-state index in [1.54, 1.807) is 6.20 Å². The Balaban J connectivity index is 0.000000810. The van der Waals surface area contributed by atoms with Gasteiger partial charge in [-0.05, 0) is 0 Å². The maximum Gasteiger partial charge on any atom is 0.00130 e. The summed E-state index contributed by atoms with van der Waals surface area (Å²) in [7, 11) is 1.88. The van der Waals surface area contributed by atoms with E-state index in [-0.39, 0.29) is 0 Å². The van der Waals surface area contributed by atoms with E-state index in [2.05, 4.69) is 16.5 Å². The van der Waals surface area contributed by atoms with Crippen LogP contribution in [0.5, 0.6) is 0 Å². The van der Waals surface area contributed by atoms with Crippen LogP contribution in [0.1, 0.15) is 5.56 Å². The molecule has 50 valence electrons. The molecule has 0 aliphatic carbocycles. The molecule has 1 aromatic heterocycles. The fourth-order valence-corrected chi connectivity index (χ4v) is 0.677. The minimum absolute atomic E-state index is 0. The first kappa shape index (κ1) is 7.95. The molecule has 1 N–H and O–H groups in total. The summed E-state index contributed by atoms with van der Waals surface area (Å²) >= 11 is 0. The molecule has 0 aliphatic heterocycles. The average molecular weight is 388 g/mol. The van der Waals surface area contributed by atoms with E-state index in [0.717, 1.165) is 5.69 Å². The zero-order valence-corrected chi connectivity index (χ0v) is 12.7. The van der Waals surface area contributed by atoms with Gasteiger partial charge in [0.1, 0.15) is 0 Å².